The molecule has 42 heavy (non-hydrogen) atoms. The molecule has 230 valence electrons. The summed E-state index contributed by atoms with van der Waals surface area (Å²) in [5.74, 6) is -1.68. The standard InChI is InChI=1S/C29H29ClF4N4O.3ClH/c30-24-5-3-20(4-6-24)14-26-19-37(11-10-36-9-7-27-21(18-36)2-1-8-35-27)12-13-38(26)28(39)22-15-23(29(32,33)34)17-25(31)16-22;;;/h1-6,8,15-17,26H,7,9-14,18-19H2;3*1H/t26-;;;/m1.../s1. The van der Waals surface area contributed by atoms with Gasteiger partial charge in [-0.25, -0.2) is 4.39 Å². The van der Waals surface area contributed by atoms with Crippen LogP contribution in [0.5, 0.6) is 0 Å². The number of fused-ring (bicyclic) bond motifs is 1. The van der Waals surface area contributed by atoms with Gasteiger partial charge in [-0.2, -0.15) is 13.2 Å². The highest BCUT2D eigenvalue weighted by Gasteiger charge is 2.35. The van der Waals surface area contributed by atoms with E-state index in [1.807, 2.05) is 24.4 Å². The van der Waals surface area contributed by atoms with E-state index in [1.165, 1.54) is 5.56 Å². The predicted molar refractivity (Wildman–Crippen MR) is 163 cm³/mol. The van der Waals surface area contributed by atoms with Gasteiger partial charge < -0.3 is 4.90 Å². The number of amides is 1. The van der Waals surface area contributed by atoms with Crippen LogP contribution < -0.4 is 0 Å². The lowest BCUT2D eigenvalue weighted by atomic mass is 10.00. The predicted octanol–water partition coefficient (Wildman–Crippen LogP) is 6.59. The smallest absolute Gasteiger partial charge is 0.333 e. The van der Waals surface area contributed by atoms with Crippen molar-refractivity contribution < 1.29 is 22.4 Å². The van der Waals surface area contributed by atoms with Gasteiger partial charge in [-0.05, 0) is 53.9 Å². The van der Waals surface area contributed by atoms with Gasteiger partial charge in [0.1, 0.15) is 5.82 Å². The second-order valence-electron chi connectivity index (χ2n) is 10.1. The van der Waals surface area contributed by atoms with Gasteiger partial charge in [-0.3, -0.25) is 19.6 Å². The quantitative estimate of drug-likeness (QED) is 0.278. The molecule has 1 amide bonds. The van der Waals surface area contributed by atoms with Crippen LogP contribution in [0.2, 0.25) is 5.02 Å². The van der Waals surface area contributed by atoms with E-state index in [4.69, 9.17) is 11.6 Å². The minimum Gasteiger partial charge on any atom is -0.333 e. The maximum atomic E-state index is 14.1. The van der Waals surface area contributed by atoms with E-state index < -0.39 is 23.5 Å². The van der Waals surface area contributed by atoms with E-state index in [0.717, 1.165) is 56.0 Å². The lowest BCUT2D eigenvalue weighted by molar-refractivity contribution is -0.137. The molecule has 0 saturated carbocycles. The van der Waals surface area contributed by atoms with Crippen LogP contribution in [0.25, 0.3) is 0 Å². The van der Waals surface area contributed by atoms with Crippen LogP contribution in [-0.2, 0) is 25.6 Å². The third kappa shape index (κ3) is 8.94. The molecule has 1 atom stereocenters. The van der Waals surface area contributed by atoms with Crippen LogP contribution in [0.15, 0.2) is 60.8 Å². The summed E-state index contributed by atoms with van der Waals surface area (Å²) in [7, 11) is 0. The first-order valence-corrected chi connectivity index (χ1v) is 13.3. The van der Waals surface area contributed by atoms with Crippen molar-refractivity contribution >= 4 is 54.7 Å². The van der Waals surface area contributed by atoms with Gasteiger partial charge in [0.05, 0.1) is 5.56 Å². The normalized spacial score (nSPS) is 17.4. The Labute approximate surface area is 266 Å². The number of hydrogen-bond donors (Lipinski definition) is 0. The van der Waals surface area contributed by atoms with Crippen molar-refractivity contribution in [3.05, 3.63) is 99.6 Å². The van der Waals surface area contributed by atoms with Gasteiger partial charge in [0.15, 0.2) is 0 Å². The number of benzene rings is 2. The van der Waals surface area contributed by atoms with Crippen molar-refractivity contribution in [2.75, 3.05) is 39.3 Å². The largest absolute Gasteiger partial charge is 0.416 e. The van der Waals surface area contributed by atoms with E-state index >= 15 is 0 Å². The van der Waals surface area contributed by atoms with Crippen LogP contribution in [0.3, 0.4) is 0 Å². The van der Waals surface area contributed by atoms with Crippen molar-refractivity contribution in [2.24, 2.45) is 0 Å². The summed E-state index contributed by atoms with van der Waals surface area (Å²) in [6.07, 6.45) is -1.51. The molecule has 13 heteroatoms. The summed E-state index contributed by atoms with van der Waals surface area (Å²) in [6, 6.07) is 13.1. The molecule has 3 heterocycles. The number of halogens is 8. The molecule has 0 N–H and O–H groups in total. The number of aromatic nitrogens is 1. The summed E-state index contributed by atoms with van der Waals surface area (Å²) in [6.45, 7) is 4.90. The van der Waals surface area contributed by atoms with Gasteiger partial charge in [-0.15, -0.1) is 37.2 Å². The summed E-state index contributed by atoms with van der Waals surface area (Å²) in [4.78, 5) is 24.2. The third-order valence-electron chi connectivity index (χ3n) is 7.46. The molecular weight excluding hydrogens is 638 g/mol. The first-order valence-electron chi connectivity index (χ1n) is 13.0. The van der Waals surface area contributed by atoms with E-state index in [2.05, 4.69) is 20.9 Å². The first-order chi connectivity index (χ1) is 18.7. The van der Waals surface area contributed by atoms with Gasteiger partial charge in [-0.1, -0.05) is 29.8 Å². The fourth-order valence-electron chi connectivity index (χ4n) is 5.40. The average Bonchev–Trinajstić information content (AvgIpc) is 2.92. The number of nitrogens with zero attached hydrogens (tertiary/aromatic N) is 4. The van der Waals surface area contributed by atoms with Crippen molar-refractivity contribution in [2.45, 2.75) is 31.6 Å². The molecule has 0 unspecified atom stereocenters. The number of alkyl halides is 3. The highest BCUT2D eigenvalue weighted by Crippen LogP contribution is 2.31. The molecule has 2 aliphatic rings. The van der Waals surface area contributed by atoms with E-state index in [-0.39, 0.29) is 48.8 Å². The lowest BCUT2D eigenvalue weighted by Crippen LogP contribution is -2.57. The molecular formula is C29H32Cl4F4N4O. The summed E-state index contributed by atoms with van der Waals surface area (Å²) in [5, 5.41) is 0.592. The Bertz CT molecular complexity index is 1330. The molecule has 5 rings (SSSR count). The zero-order valence-electron chi connectivity index (χ0n) is 22.5. The highest BCUT2D eigenvalue weighted by atomic mass is 35.5. The van der Waals surface area contributed by atoms with Crippen LogP contribution in [-0.4, -0.2) is 70.9 Å². The fourth-order valence-corrected chi connectivity index (χ4v) is 5.52. The molecule has 1 aromatic heterocycles. The molecule has 2 aliphatic heterocycles. The maximum Gasteiger partial charge on any atom is 0.416 e. The summed E-state index contributed by atoms with van der Waals surface area (Å²) < 4.78 is 54.0. The average molecular weight is 670 g/mol. The highest BCUT2D eigenvalue weighted by molar-refractivity contribution is 6.30. The molecule has 2 aromatic carbocycles. The summed E-state index contributed by atoms with van der Waals surface area (Å²) in [5.41, 5.74) is 1.89. The topological polar surface area (TPSA) is 39.7 Å². The van der Waals surface area contributed by atoms with Crippen LogP contribution in [0.4, 0.5) is 17.6 Å². The third-order valence-corrected chi connectivity index (χ3v) is 7.71. The van der Waals surface area contributed by atoms with Gasteiger partial charge >= 0.3 is 6.18 Å². The van der Waals surface area contributed by atoms with Gasteiger partial charge in [0.25, 0.3) is 5.91 Å². The van der Waals surface area contributed by atoms with E-state index in [0.29, 0.717) is 37.1 Å². The molecule has 0 aliphatic carbocycles. The summed E-state index contributed by atoms with van der Waals surface area (Å²) >= 11 is 6.04. The number of pyridine rings is 1. The SMILES string of the molecule is Cl.Cl.Cl.O=C(c1cc(F)cc(C(F)(F)F)c1)N1CCN(CCN2CCc3ncccc3C2)C[C@H]1Cc1ccc(Cl)cc1. The van der Waals surface area contributed by atoms with Crippen molar-refractivity contribution in [1.82, 2.24) is 19.7 Å². The fraction of sp³-hybridized carbons (Fsp3) is 0.379. The van der Waals surface area contributed by atoms with Crippen LogP contribution >= 0.6 is 48.8 Å². The monoisotopic (exact) mass is 668 g/mol. The zero-order chi connectivity index (χ0) is 27.6. The Kier molecular flexibility index (Phi) is 13.3. The molecule has 0 spiro atoms. The number of rotatable bonds is 6. The second kappa shape index (κ2) is 15.5. The first kappa shape index (κ1) is 36.1. The number of carbonyl (C=O) groups is 1. The van der Waals surface area contributed by atoms with Crippen molar-refractivity contribution in [3.8, 4) is 0 Å². The van der Waals surface area contributed by atoms with Crippen LogP contribution in [0, 0.1) is 5.82 Å². The number of carbonyl (C=O) groups excluding carboxylic acids is 1. The Hall–Kier alpha value is -2.14. The Morgan fingerprint density at radius 3 is 2.38 bits per heavy atom. The molecule has 1 fully saturated rings. The molecule has 1 saturated heterocycles. The lowest BCUT2D eigenvalue weighted by Gasteiger charge is -2.42. The Morgan fingerprint density at radius 1 is 0.952 bits per heavy atom. The minimum absolute atomic E-state index is 0. The molecule has 5 nitrogen and oxygen atoms in total. The number of piperazine rings is 1. The van der Waals surface area contributed by atoms with Gasteiger partial charge in [0, 0.05) is 80.8 Å². The maximum absolute atomic E-state index is 14.1. The second-order valence-corrected chi connectivity index (χ2v) is 10.6. The molecule has 0 radical (unpaired) electrons. The zero-order valence-corrected chi connectivity index (χ0v) is 25.7. The number of hydrogen-bond acceptors (Lipinski definition) is 4. The molecule has 3 aromatic rings. The van der Waals surface area contributed by atoms with Crippen molar-refractivity contribution in [3.63, 3.8) is 0 Å². The minimum atomic E-state index is -4.75. The molecule has 0 bridgehead atoms. The van der Waals surface area contributed by atoms with Crippen LogP contribution in [0.1, 0.15) is 32.7 Å². The van der Waals surface area contributed by atoms with E-state index in [1.54, 1.807) is 17.0 Å². The van der Waals surface area contributed by atoms with Crippen molar-refractivity contribution in [1.29, 1.82) is 0 Å². The van der Waals surface area contributed by atoms with Gasteiger partial charge in [0.2, 0.25) is 0 Å². The van der Waals surface area contributed by atoms with E-state index in [9.17, 15) is 22.4 Å². The Balaban J connectivity index is 0.00000205. The Morgan fingerprint density at radius 2 is 1.67 bits per heavy atom.